The highest BCUT2D eigenvalue weighted by Gasteiger charge is 2.20. The van der Waals surface area contributed by atoms with Crippen molar-refractivity contribution in [3.8, 4) is 56.3 Å². The molecule has 0 radical (unpaired) electrons. The number of fused-ring (bicyclic) bond motifs is 7. The van der Waals surface area contributed by atoms with Crippen LogP contribution in [0.15, 0.2) is 180 Å². The lowest BCUT2D eigenvalue weighted by Crippen LogP contribution is -1.96. The molecule has 0 N–H and O–H groups in total. The standard InChI is InChI=1S/C47H29N3O/c1-3-12-30(13-4-1)31-22-24-33(25-23-31)40-29-41(50-47(49-40)34-15-5-2-6-16-34)35-17-11-18-36(28-35)45-46-44(38-20-9-10-21-42(38)51-46)43-37-19-8-7-14-32(37)26-27-39(43)48-45/h1-29H. The van der Waals surface area contributed by atoms with Gasteiger partial charge in [-0.15, -0.1) is 0 Å². The molecule has 3 aromatic heterocycles. The molecule has 0 atom stereocenters. The molecule has 0 spiro atoms. The molecule has 0 aliphatic carbocycles. The van der Waals surface area contributed by atoms with Crippen LogP contribution in [-0.2, 0) is 0 Å². The first-order valence-electron chi connectivity index (χ1n) is 17.1. The molecule has 4 nitrogen and oxygen atoms in total. The predicted octanol–water partition coefficient (Wildman–Crippen LogP) is 12.4. The van der Waals surface area contributed by atoms with E-state index in [1.807, 2.05) is 36.4 Å². The molecule has 0 fully saturated rings. The van der Waals surface area contributed by atoms with E-state index in [2.05, 4.69) is 140 Å². The van der Waals surface area contributed by atoms with E-state index in [9.17, 15) is 0 Å². The summed E-state index contributed by atoms with van der Waals surface area (Å²) < 4.78 is 6.65. The second kappa shape index (κ2) is 11.9. The maximum absolute atomic E-state index is 6.65. The Morgan fingerprint density at radius 2 is 0.980 bits per heavy atom. The summed E-state index contributed by atoms with van der Waals surface area (Å²) in [6.45, 7) is 0. The van der Waals surface area contributed by atoms with Crippen molar-refractivity contribution in [3.63, 3.8) is 0 Å². The number of hydrogen-bond donors (Lipinski definition) is 0. The van der Waals surface area contributed by atoms with E-state index in [0.717, 1.165) is 83.1 Å². The lowest BCUT2D eigenvalue weighted by molar-refractivity contribution is 0.669. The van der Waals surface area contributed by atoms with Gasteiger partial charge in [-0.1, -0.05) is 152 Å². The number of benzene rings is 7. The minimum atomic E-state index is 0.677. The van der Waals surface area contributed by atoms with E-state index in [1.54, 1.807) is 0 Å². The third-order valence-electron chi connectivity index (χ3n) is 9.68. The van der Waals surface area contributed by atoms with Crippen LogP contribution in [0.4, 0.5) is 0 Å². The van der Waals surface area contributed by atoms with Crippen molar-refractivity contribution < 1.29 is 4.42 Å². The summed E-state index contributed by atoms with van der Waals surface area (Å²) in [5.41, 5.74) is 11.3. The molecule has 7 aromatic carbocycles. The van der Waals surface area contributed by atoms with Crippen LogP contribution in [0.1, 0.15) is 0 Å². The van der Waals surface area contributed by atoms with Crippen LogP contribution in [0, 0.1) is 0 Å². The summed E-state index contributed by atoms with van der Waals surface area (Å²) in [4.78, 5) is 15.5. The maximum atomic E-state index is 6.65. The van der Waals surface area contributed by atoms with Gasteiger partial charge in [0.1, 0.15) is 11.3 Å². The van der Waals surface area contributed by atoms with Crippen molar-refractivity contribution in [1.82, 2.24) is 15.0 Å². The SMILES string of the molecule is c1ccc(-c2ccc(-c3cc(-c4cccc(-c5nc6ccc7ccccc7c6c6c5oc5ccccc56)c4)nc(-c4ccccc4)n3)cc2)cc1. The Morgan fingerprint density at radius 3 is 1.78 bits per heavy atom. The first kappa shape index (κ1) is 29.0. The molecule has 0 aliphatic rings. The normalized spacial score (nSPS) is 11.5. The Balaban J connectivity index is 1.15. The zero-order valence-electron chi connectivity index (χ0n) is 27.5. The molecular weight excluding hydrogens is 623 g/mol. The van der Waals surface area contributed by atoms with Crippen molar-refractivity contribution >= 4 is 43.6 Å². The lowest BCUT2D eigenvalue weighted by atomic mass is 9.97. The fourth-order valence-corrected chi connectivity index (χ4v) is 7.19. The highest BCUT2D eigenvalue weighted by atomic mass is 16.3. The number of rotatable bonds is 5. The number of pyridine rings is 1. The maximum Gasteiger partial charge on any atom is 0.162 e. The molecule has 0 amide bonds. The fourth-order valence-electron chi connectivity index (χ4n) is 7.19. The zero-order valence-corrected chi connectivity index (χ0v) is 27.5. The number of hydrogen-bond acceptors (Lipinski definition) is 4. The molecule has 0 saturated carbocycles. The van der Waals surface area contributed by atoms with Gasteiger partial charge in [0, 0.05) is 38.4 Å². The van der Waals surface area contributed by atoms with Crippen LogP contribution >= 0.6 is 0 Å². The lowest BCUT2D eigenvalue weighted by Gasteiger charge is -2.12. The van der Waals surface area contributed by atoms with Crippen molar-refractivity contribution in [2.75, 3.05) is 0 Å². The highest BCUT2D eigenvalue weighted by Crippen LogP contribution is 2.42. The van der Waals surface area contributed by atoms with Gasteiger partial charge in [-0.3, -0.25) is 0 Å². The summed E-state index contributed by atoms with van der Waals surface area (Å²) in [5.74, 6) is 0.677. The molecule has 3 heterocycles. The van der Waals surface area contributed by atoms with Crippen LogP contribution in [0.5, 0.6) is 0 Å². The first-order chi connectivity index (χ1) is 25.3. The van der Waals surface area contributed by atoms with E-state index >= 15 is 0 Å². The van der Waals surface area contributed by atoms with Crippen LogP contribution in [0.25, 0.3) is 99.9 Å². The molecule has 51 heavy (non-hydrogen) atoms. The second-order valence-electron chi connectivity index (χ2n) is 12.8. The monoisotopic (exact) mass is 651 g/mol. The van der Waals surface area contributed by atoms with Crippen molar-refractivity contribution in [2.45, 2.75) is 0 Å². The molecule has 238 valence electrons. The van der Waals surface area contributed by atoms with Crippen LogP contribution in [-0.4, -0.2) is 15.0 Å². The van der Waals surface area contributed by atoms with Gasteiger partial charge in [-0.05, 0) is 46.2 Å². The first-order valence-corrected chi connectivity index (χ1v) is 17.1. The van der Waals surface area contributed by atoms with E-state index in [1.165, 1.54) is 10.9 Å². The second-order valence-corrected chi connectivity index (χ2v) is 12.8. The molecule has 4 heteroatoms. The van der Waals surface area contributed by atoms with Crippen LogP contribution in [0.3, 0.4) is 0 Å². The third kappa shape index (κ3) is 5.04. The predicted molar refractivity (Wildman–Crippen MR) is 209 cm³/mol. The van der Waals surface area contributed by atoms with Gasteiger partial charge in [0.05, 0.1) is 16.9 Å². The van der Waals surface area contributed by atoms with Crippen molar-refractivity contribution in [3.05, 3.63) is 176 Å². The molecule has 0 unspecified atom stereocenters. The van der Waals surface area contributed by atoms with E-state index in [-0.39, 0.29) is 0 Å². The summed E-state index contributed by atoms with van der Waals surface area (Å²) in [6.07, 6.45) is 0. The van der Waals surface area contributed by atoms with Crippen LogP contribution < -0.4 is 0 Å². The van der Waals surface area contributed by atoms with Crippen LogP contribution in [0.2, 0.25) is 0 Å². The average Bonchev–Trinajstić information content (AvgIpc) is 3.61. The van der Waals surface area contributed by atoms with Gasteiger partial charge in [0.15, 0.2) is 11.4 Å². The minimum absolute atomic E-state index is 0.677. The van der Waals surface area contributed by atoms with E-state index < -0.39 is 0 Å². The van der Waals surface area contributed by atoms with Gasteiger partial charge < -0.3 is 4.42 Å². The largest absolute Gasteiger partial charge is 0.454 e. The number of para-hydroxylation sites is 1. The average molecular weight is 652 g/mol. The molecule has 10 aromatic rings. The molecule has 10 rings (SSSR count). The highest BCUT2D eigenvalue weighted by molar-refractivity contribution is 6.27. The van der Waals surface area contributed by atoms with Gasteiger partial charge in [-0.2, -0.15) is 0 Å². The number of aromatic nitrogens is 3. The van der Waals surface area contributed by atoms with Gasteiger partial charge in [-0.25, -0.2) is 15.0 Å². The molecule has 0 saturated heterocycles. The van der Waals surface area contributed by atoms with Crippen molar-refractivity contribution in [1.29, 1.82) is 0 Å². The quantitative estimate of drug-likeness (QED) is 0.174. The third-order valence-corrected chi connectivity index (χ3v) is 9.68. The Kier molecular flexibility index (Phi) is 6.78. The molecular formula is C47H29N3O. The Bertz CT molecular complexity index is 2900. The summed E-state index contributed by atoms with van der Waals surface area (Å²) in [7, 11) is 0. The summed E-state index contributed by atoms with van der Waals surface area (Å²) in [6, 6.07) is 60.7. The van der Waals surface area contributed by atoms with E-state index in [0.29, 0.717) is 5.82 Å². The Hall–Kier alpha value is -6.91. The van der Waals surface area contributed by atoms with Gasteiger partial charge >= 0.3 is 0 Å². The summed E-state index contributed by atoms with van der Waals surface area (Å²) in [5, 5.41) is 5.62. The number of furan rings is 1. The zero-order chi connectivity index (χ0) is 33.7. The smallest absolute Gasteiger partial charge is 0.162 e. The Labute approximate surface area is 294 Å². The van der Waals surface area contributed by atoms with Gasteiger partial charge in [0.25, 0.3) is 0 Å². The topological polar surface area (TPSA) is 51.8 Å². The minimum Gasteiger partial charge on any atom is -0.454 e. The van der Waals surface area contributed by atoms with Crippen molar-refractivity contribution in [2.24, 2.45) is 0 Å². The van der Waals surface area contributed by atoms with Gasteiger partial charge in [0.2, 0.25) is 0 Å². The van der Waals surface area contributed by atoms with E-state index in [4.69, 9.17) is 19.4 Å². The molecule has 0 aliphatic heterocycles. The molecule has 0 bridgehead atoms. The summed E-state index contributed by atoms with van der Waals surface area (Å²) >= 11 is 0. The number of nitrogens with zero attached hydrogens (tertiary/aromatic N) is 3. The Morgan fingerprint density at radius 1 is 0.373 bits per heavy atom. The fraction of sp³-hybridized carbons (Fsp3) is 0.